The number of rotatable bonds is 8. The first-order valence-corrected chi connectivity index (χ1v) is 16.9. The number of carbonyl (C=O) groups excluding carboxylic acids is 1. The average molecular weight is 642 g/mol. The molecule has 6 rings (SSSR count). The molecule has 2 aromatic heterocycles. The number of nitrogens with zero attached hydrogens (tertiary/aromatic N) is 6. The van der Waals surface area contributed by atoms with Crippen molar-refractivity contribution >= 4 is 40.2 Å². The van der Waals surface area contributed by atoms with Gasteiger partial charge < -0.3 is 15.1 Å². The van der Waals surface area contributed by atoms with Gasteiger partial charge in [0.2, 0.25) is 11.9 Å². The summed E-state index contributed by atoms with van der Waals surface area (Å²) in [5, 5.41) is 4.70. The number of piperidine rings is 1. The summed E-state index contributed by atoms with van der Waals surface area (Å²) in [7, 11) is 0. The molecule has 0 aliphatic carbocycles. The zero-order chi connectivity index (χ0) is 32.4. The fourth-order valence-corrected chi connectivity index (χ4v) is 7.14. The number of piperazine rings is 1. The second-order valence-electron chi connectivity index (χ2n) is 12.6. The zero-order valence-corrected chi connectivity index (χ0v) is 28.1. The Balaban J connectivity index is 1.36. The molecule has 2 aliphatic heterocycles. The van der Waals surface area contributed by atoms with Gasteiger partial charge in [-0.3, -0.25) is 19.1 Å². The van der Waals surface area contributed by atoms with Crippen LogP contribution in [0.3, 0.4) is 0 Å². The van der Waals surface area contributed by atoms with Crippen molar-refractivity contribution in [2.45, 2.75) is 59.5 Å². The van der Waals surface area contributed by atoms with Gasteiger partial charge in [-0.25, -0.2) is 4.98 Å². The quantitative estimate of drug-likeness (QED) is 0.246. The number of likely N-dealkylation sites (tertiary alicyclic amines) is 1. The van der Waals surface area contributed by atoms with Crippen molar-refractivity contribution in [3.8, 4) is 11.1 Å². The Kier molecular flexibility index (Phi) is 9.73. The van der Waals surface area contributed by atoms with E-state index in [0.717, 1.165) is 68.7 Å². The van der Waals surface area contributed by atoms with Gasteiger partial charge in [-0.2, -0.15) is 4.98 Å². The van der Waals surface area contributed by atoms with Gasteiger partial charge in [0, 0.05) is 80.1 Å². The molecule has 10 heteroatoms. The highest BCUT2D eigenvalue weighted by Gasteiger charge is 2.29. The van der Waals surface area contributed by atoms with E-state index in [9.17, 15) is 9.59 Å². The maximum atomic E-state index is 14.5. The van der Waals surface area contributed by atoms with E-state index in [1.165, 1.54) is 11.1 Å². The van der Waals surface area contributed by atoms with Gasteiger partial charge in [0.1, 0.15) is 5.65 Å². The predicted octanol–water partition coefficient (Wildman–Crippen LogP) is 6.18. The van der Waals surface area contributed by atoms with E-state index in [4.69, 9.17) is 21.6 Å². The number of aromatic nitrogens is 3. The van der Waals surface area contributed by atoms with Crippen molar-refractivity contribution in [1.29, 1.82) is 0 Å². The van der Waals surface area contributed by atoms with E-state index >= 15 is 0 Å². The number of nitrogens with one attached hydrogen (secondary N) is 1. The minimum Gasteiger partial charge on any atom is -0.341 e. The minimum atomic E-state index is -0.218. The smallest absolute Gasteiger partial charge is 0.260 e. The van der Waals surface area contributed by atoms with E-state index in [1.807, 2.05) is 36.9 Å². The van der Waals surface area contributed by atoms with Crippen LogP contribution in [0.5, 0.6) is 0 Å². The lowest BCUT2D eigenvalue weighted by Crippen LogP contribution is -2.45. The van der Waals surface area contributed by atoms with Crippen LogP contribution in [-0.2, 0) is 11.3 Å². The Morgan fingerprint density at radius 1 is 1.02 bits per heavy atom. The molecule has 46 heavy (non-hydrogen) atoms. The van der Waals surface area contributed by atoms with Crippen molar-refractivity contribution in [3.05, 3.63) is 80.7 Å². The number of amides is 1. The number of hydrogen-bond donors (Lipinski definition) is 1. The standard InChI is InChI=1S/C36H44ClN7O2/c1-5-32(45)43-15-9-10-28(23-43)44-34-30(25(4)33(35(44)46)29-11-7-8-12-31(29)37)21-38-36(40-34)39-27-14-13-26(24(3)20-27)22-42-18-16-41(6-2)17-19-42/h7-8,11-14,20-21,28H,5-6,9-10,15-19,22-23H2,1-4H3,(H,38,39,40)/t28-/m0/s1. The third kappa shape index (κ3) is 6.54. The molecule has 2 fully saturated rings. The van der Waals surface area contributed by atoms with Gasteiger partial charge in [-0.1, -0.05) is 49.7 Å². The fourth-order valence-electron chi connectivity index (χ4n) is 6.91. The van der Waals surface area contributed by atoms with Gasteiger partial charge in [0.05, 0.1) is 11.6 Å². The molecule has 1 amide bonds. The van der Waals surface area contributed by atoms with Crippen LogP contribution in [0.15, 0.2) is 53.5 Å². The van der Waals surface area contributed by atoms with Crippen molar-refractivity contribution in [2.75, 3.05) is 51.1 Å². The average Bonchev–Trinajstić information content (AvgIpc) is 3.07. The lowest BCUT2D eigenvalue weighted by molar-refractivity contribution is -0.132. The van der Waals surface area contributed by atoms with Crippen LogP contribution in [-0.4, -0.2) is 81.0 Å². The van der Waals surface area contributed by atoms with Gasteiger partial charge >= 0.3 is 0 Å². The first-order valence-electron chi connectivity index (χ1n) is 16.5. The first kappa shape index (κ1) is 32.2. The second-order valence-corrected chi connectivity index (χ2v) is 13.0. The summed E-state index contributed by atoms with van der Waals surface area (Å²) >= 11 is 6.63. The van der Waals surface area contributed by atoms with Crippen LogP contribution in [0.2, 0.25) is 5.02 Å². The number of likely N-dealkylation sites (N-methyl/N-ethyl adjacent to an activating group) is 1. The molecule has 4 heterocycles. The molecule has 0 radical (unpaired) electrons. The van der Waals surface area contributed by atoms with E-state index in [1.54, 1.807) is 16.8 Å². The molecule has 4 aromatic rings. The zero-order valence-electron chi connectivity index (χ0n) is 27.4. The number of benzene rings is 2. The minimum absolute atomic E-state index is 0.0968. The van der Waals surface area contributed by atoms with Crippen LogP contribution < -0.4 is 10.9 Å². The molecule has 0 spiro atoms. The molecule has 1 N–H and O–H groups in total. The first-order chi connectivity index (χ1) is 22.3. The van der Waals surface area contributed by atoms with E-state index in [2.05, 4.69) is 47.2 Å². The van der Waals surface area contributed by atoms with Crippen LogP contribution in [0, 0.1) is 13.8 Å². The summed E-state index contributed by atoms with van der Waals surface area (Å²) < 4.78 is 1.79. The van der Waals surface area contributed by atoms with E-state index in [0.29, 0.717) is 47.3 Å². The molecule has 2 aromatic carbocycles. The van der Waals surface area contributed by atoms with Crippen molar-refractivity contribution in [3.63, 3.8) is 0 Å². The van der Waals surface area contributed by atoms with Crippen molar-refractivity contribution in [2.24, 2.45) is 0 Å². The molecule has 2 aliphatic rings. The topological polar surface area (TPSA) is 86.6 Å². The normalized spacial score (nSPS) is 17.8. The molecule has 9 nitrogen and oxygen atoms in total. The predicted molar refractivity (Wildman–Crippen MR) is 186 cm³/mol. The Hall–Kier alpha value is -3.79. The summed E-state index contributed by atoms with van der Waals surface area (Å²) in [6, 6.07) is 13.6. The SMILES string of the molecule is CCC(=O)N1CCC[C@H](n2c(=O)c(-c3ccccc3Cl)c(C)c3cnc(Nc4ccc(CN5CCN(CC)CC5)c(C)c4)nc32)C1. The van der Waals surface area contributed by atoms with Crippen LogP contribution >= 0.6 is 11.6 Å². The Bertz CT molecular complexity index is 1800. The molecular weight excluding hydrogens is 598 g/mol. The van der Waals surface area contributed by atoms with Crippen molar-refractivity contribution < 1.29 is 4.79 Å². The summed E-state index contributed by atoms with van der Waals surface area (Å²) in [5.41, 5.74) is 5.84. The van der Waals surface area contributed by atoms with Gasteiger partial charge in [0.25, 0.3) is 5.56 Å². The van der Waals surface area contributed by atoms with Crippen LogP contribution in [0.25, 0.3) is 22.2 Å². The second kappa shape index (κ2) is 13.9. The summed E-state index contributed by atoms with van der Waals surface area (Å²) in [6.45, 7) is 15.8. The third-order valence-electron chi connectivity index (χ3n) is 9.67. The highest BCUT2D eigenvalue weighted by molar-refractivity contribution is 6.33. The number of halogens is 1. The lowest BCUT2D eigenvalue weighted by Gasteiger charge is -2.34. The maximum absolute atomic E-state index is 14.5. The van der Waals surface area contributed by atoms with Gasteiger partial charge in [-0.15, -0.1) is 0 Å². The molecular formula is C36H44ClN7O2. The molecule has 242 valence electrons. The molecule has 0 bridgehead atoms. The number of pyridine rings is 1. The number of aryl methyl sites for hydroxylation is 2. The van der Waals surface area contributed by atoms with Gasteiger partial charge in [0.15, 0.2) is 0 Å². The lowest BCUT2D eigenvalue weighted by atomic mass is 9.98. The Labute approximate surface area is 276 Å². The monoisotopic (exact) mass is 641 g/mol. The van der Waals surface area contributed by atoms with Gasteiger partial charge in [-0.05, 0) is 68.1 Å². The number of fused-ring (bicyclic) bond motifs is 1. The summed E-state index contributed by atoms with van der Waals surface area (Å²) in [4.78, 5) is 43.7. The third-order valence-corrected chi connectivity index (χ3v) is 10.0. The number of hydrogen-bond acceptors (Lipinski definition) is 7. The number of carbonyl (C=O) groups is 1. The van der Waals surface area contributed by atoms with E-state index < -0.39 is 0 Å². The van der Waals surface area contributed by atoms with Crippen LogP contribution in [0.1, 0.15) is 55.8 Å². The molecule has 0 unspecified atom stereocenters. The van der Waals surface area contributed by atoms with Crippen LogP contribution in [0.4, 0.5) is 11.6 Å². The molecule has 1 atom stereocenters. The highest BCUT2D eigenvalue weighted by Crippen LogP contribution is 2.34. The molecule has 0 saturated carbocycles. The summed E-state index contributed by atoms with van der Waals surface area (Å²) in [6.07, 6.45) is 3.82. The largest absolute Gasteiger partial charge is 0.341 e. The highest BCUT2D eigenvalue weighted by atomic mass is 35.5. The Morgan fingerprint density at radius 2 is 1.78 bits per heavy atom. The fraction of sp³-hybridized carbons (Fsp3) is 0.444. The van der Waals surface area contributed by atoms with E-state index in [-0.39, 0.29) is 17.5 Å². The van der Waals surface area contributed by atoms with Crippen molar-refractivity contribution in [1.82, 2.24) is 29.2 Å². The number of anilines is 2. The Morgan fingerprint density at radius 3 is 2.50 bits per heavy atom. The maximum Gasteiger partial charge on any atom is 0.260 e. The summed E-state index contributed by atoms with van der Waals surface area (Å²) in [5.74, 6) is 0.519. The molecule has 2 saturated heterocycles.